The van der Waals surface area contributed by atoms with E-state index in [0.717, 1.165) is 11.1 Å². The number of rotatable bonds is 2. The Balaban J connectivity index is 1.71. The van der Waals surface area contributed by atoms with Crippen molar-refractivity contribution in [1.29, 1.82) is 5.26 Å². The van der Waals surface area contributed by atoms with E-state index in [4.69, 9.17) is 31.5 Å². The van der Waals surface area contributed by atoms with Gasteiger partial charge in [-0.05, 0) is 35.9 Å². The summed E-state index contributed by atoms with van der Waals surface area (Å²) in [5.74, 6) is 1.22. The normalized spacial score (nSPS) is 17.1. The topological polar surface area (TPSA) is 106 Å². The molecule has 0 bridgehead atoms. The van der Waals surface area contributed by atoms with Crippen LogP contribution in [0.15, 0.2) is 53.9 Å². The molecule has 3 N–H and O–H groups in total. The SMILES string of the molecule is N#CC1=C(N)Oc2n[nH]c(-c3ccc4c(c3)OCO4)c2[C@@H]1c1cccc(Cl)c1. The fourth-order valence-electron chi connectivity index (χ4n) is 3.54. The second-order valence-corrected chi connectivity index (χ2v) is 6.80. The fraction of sp³-hybridized carbons (Fsp3) is 0.100. The van der Waals surface area contributed by atoms with Crippen LogP contribution >= 0.6 is 11.6 Å². The summed E-state index contributed by atoms with van der Waals surface area (Å²) in [6.07, 6.45) is 0. The van der Waals surface area contributed by atoms with Gasteiger partial charge in [-0.2, -0.15) is 5.26 Å². The Labute approximate surface area is 164 Å². The van der Waals surface area contributed by atoms with Gasteiger partial charge in [0.15, 0.2) is 11.5 Å². The van der Waals surface area contributed by atoms with E-state index in [2.05, 4.69) is 16.3 Å². The third-order valence-electron chi connectivity index (χ3n) is 4.78. The zero-order valence-electron chi connectivity index (χ0n) is 14.4. The number of halogens is 1. The number of benzene rings is 2. The van der Waals surface area contributed by atoms with Crippen molar-refractivity contribution in [1.82, 2.24) is 10.2 Å². The number of nitriles is 1. The van der Waals surface area contributed by atoms with Crippen molar-refractivity contribution < 1.29 is 14.2 Å². The molecule has 3 aromatic rings. The Kier molecular flexibility index (Phi) is 3.67. The van der Waals surface area contributed by atoms with E-state index in [9.17, 15) is 5.26 Å². The Morgan fingerprint density at radius 2 is 2.04 bits per heavy atom. The number of H-pyrrole nitrogens is 1. The quantitative estimate of drug-likeness (QED) is 0.689. The molecule has 8 heteroatoms. The van der Waals surface area contributed by atoms with Gasteiger partial charge in [-0.25, -0.2) is 0 Å². The summed E-state index contributed by atoms with van der Waals surface area (Å²) in [6, 6.07) is 15.1. The van der Waals surface area contributed by atoms with Crippen LogP contribution in [-0.4, -0.2) is 17.0 Å². The molecule has 2 aliphatic rings. The molecule has 0 radical (unpaired) electrons. The predicted octanol–water partition coefficient (Wildman–Crippen LogP) is 3.68. The lowest BCUT2D eigenvalue weighted by Gasteiger charge is -2.24. The number of hydrogen-bond acceptors (Lipinski definition) is 6. The van der Waals surface area contributed by atoms with E-state index < -0.39 is 5.92 Å². The lowest BCUT2D eigenvalue weighted by atomic mass is 9.83. The maximum Gasteiger partial charge on any atom is 0.244 e. The highest BCUT2D eigenvalue weighted by molar-refractivity contribution is 6.30. The van der Waals surface area contributed by atoms with Crippen LogP contribution in [0, 0.1) is 11.3 Å². The first-order chi connectivity index (χ1) is 13.7. The van der Waals surface area contributed by atoms with Gasteiger partial charge in [-0.3, -0.25) is 5.10 Å². The maximum absolute atomic E-state index is 9.75. The van der Waals surface area contributed by atoms with E-state index in [-0.39, 0.29) is 12.7 Å². The zero-order chi connectivity index (χ0) is 19.3. The molecule has 0 saturated heterocycles. The molecular weight excluding hydrogens is 380 g/mol. The van der Waals surface area contributed by atoms with Crippen LogP contribution in [0.1, 0.15) is 17.0 Å². The van der Waals surface area contributed by atoms with Crippen molar-refractivity contribution in [2.24, 2.45) is 5.73 Å². The molecular formula is C20H13ClN4O3. The van der Waals surface area contributed by atoms with Gasteiger partial charge < -0.3 is 19.9 Å². The molecule has 7 nitrogen and oxygen atoms in total. The van der Waals surface area contributed by atoms with Crippen molar-refractivity contribution in [3.63, 3.8) is 0 Å². The molecule has 0 amide bonds. The molecule has 1 aromatic heterocycles. The van der Waals surface area contributed by atoms with Gasteiger partial charge in [-0.1, -0.05) is 23.7 Å². The van der Waals surface area contributed by atoms with Crippen LogP contribution < -0.4 is 19.9 Å². The number of aromatic amines is 1. The lowest BCUT2D eigenvalue weighted by Crippen LogP contribution is -2.21. The van der Waals surface area contributed by atoms with Gasteiger partial charge in [0.1, 0.15) is 11.6 Å². The Bertz CT molecular complexity index is 1180. The smallest absolute Gasteiger partial charge is 0.244 e. The minimum atomic E-state index is -0.466. The third-order valence-corrected chi connectivity index (χ3v) is 5.02. The van der Waals surface area contributed by atoms with Gasteiger partial charge in [-0.15, -0.1) is 5.10 Å². The van der Waals surface area contributed by atoms with Crippen molar-refractivity contribution in [3.8, 4) is 34.7 Å². The number of nitrogens with zero attached hydrogens (tertiary/aromatic N) is 2. The molecule has 5 rings (SSSR count). The van der Waals surface area contributed by atoms with Gasteiger partial charge in [0.25, 0.3) is 0 Å². The molecule has 0 fully saturated rings. The first-order valence-corrected chi connectivity index (χ1v) is 8.85. The molecule has 28 heavy (non-hydrogen) atoms. The Morgan fingerprint density at radius 3 is 2.86 bits per heavy atom. The zero-order valence-corrected chi connectivity index (χ0v) is 15.2. The number of fused-ring (bicyclic) bond motifs is 2. The molecule has 0 saturated carbocycles. The van der Waals surface area contributed by atoms with E-state index in [1.54, 1.807) is 6.07 Å². The van der Waals surface area contributed by atoms with Crippen LogP contribution in [-0.2, 0) is 0 Å². The standard InChI is InChI=1S/C20H13ClN4O3/c21-12-3-1-2-10(6-12)16-13(8-22)19(23)28-20-17(16)18(24-25-20)11-4-5-14-15(7-11)27-9-26-14/h1-7,16H,9,23H2,(H,24,25)/t16-/m1/s1. The molecule has 0 aliphatic carbocycles. The van der Waals surface area contributed by atoms with Crippen LogP contribution in [0.4, 0.5) is 0 Å². The van der Waals surface area contributed by atoms with Crippen LogP contribution in [0.3, 0.4) is 0 Å². The van der Waals surface area contributed by atoms with Gasteiger partial charge >= 0.3 is 0 Å². The summed E-state index contributed by atoms with van der Waals surface area (Å²) in [7, 11) is 0. The van der Waals surface area contributed by atoms with E-state index in [1.807, 2.05) is 36.4 Å². The number of allylic oxidation sites excluding steroid dienone is 1. The van der Waals surface area contributed by atoms with Crippen LogP contribution in [0.2, 0.25) is 5.02 Å². The average molecular weight is 393 g/mol. The summed E-state index contributed by atoms with van der Waals surface area (Å²) in [5, 5.41) is 17.6. The highest BCUT2D eigenvalue weighted by Crippen LogP contribution is 2.47. The van der Waals surface area contributed by atoms with E-state index >= 15 is 0 Å². The van der Waals surface area contributed by atoms with Crippen LogP contribution in [0.5, 0.6) is 17.4 Å². The summed E-state index contributed by atoms with van der Waals surface area (Å²) in [4.78, 5) is 0. The molecule has 2 aromatic carbocycles. The number of ether oxygens (including phenoxy) is 3. The number of nitrogens with two attached hydrogens (primary N) is 1. The summed E-state index contributed by atoms with van der Waals surface area (Å²) in [6.45, 7) is 0.186. The minimum absolute atomic E-state index is 0.0312. The molecule has 3 heterocycles. The average Bonchev–Trinajstić information content (AvgIpc) is 3.32. The number of aromatic nitrogens is 2. The molecule has 138 valence electrons. The Hall–Kier alpha value is -3.63. The molecule has 0 unspecified atom stereocenters. The second-order valence-electron chi connectivity index (χ2n) is 6.37. The molecule has 2 aliphatic heterocycles. The lowest BCUT2D eigenvalue weighted by molar-refractivity contribution is 0.174. The summed E-state index contributed by atoms with van der Waals surface area (Å²) in [5.41, 5.74) is 9.37. The van der Waals surface area contributed by atoms with Crippen molar-refractivity contribution >= 4 is 11.6 Å². The van der Waals surface area contributed by atoms with Crippen LogP contribution in [0.25, 0.3) is 11.3 Å². The van der Waals surface area contributed by atoms with E-state index in [1.165, 1.54) is 0 Å². The van der Waals surface area contributed by atoms with Gasteiger partial charge in [0.05, 0.1) is 17.2 Å². The number of hydrogen-bond donors (Lipinski definition) is 2. The first kappa shape index (κ1) is 16.5. The largest absolute Gasteiger partial charge is 0.454 e. The monoisotopic (exact) mass is 392 g/mol. The Morgan fingerprint density at radius 1 is 1.18 bits per heavy atom. The summed E-state index contributed by atoms with van der Waals surface area (Å²) < 4.78 is 16.5. The van der Waals surface area contributed by atoms with E-state index in [0.29, 0.717) is 39.2 Å². The van der Waals surface area contributed by atoms with Crippen molar-refractivity contribution in [3.05, 3.63) is 70.1 Å². The first-order valence-electron chi connectivity index (χ1n) is 8.47. The summed E-state index contributed by atoms with van der Waals surface area (Å²) >= 11 is 6.20. The highest BCUT2D eigenvalue weighted by Gasteiger charge is 2.36. The number of nitrogens with one attached hydrogen (secondary N) is 1. The predicted molar refractivity (Wildman–Crippen MR) is 101 cm³/mol. The second kappa shape index (κ2) is 6.22. The van der Waals surface area contributed by atoms with Gasteiger partial charge in [0, 0.05) is 10.6 Å². The fourth-order valence-corrected chi connectivity index (χ4v) is 3.74. The maximum atomic E-state index is 9.75. The molecule has 1 atom stereocenters. The molecule has 0 spiro atoms. The van der Waals surface area contributed by atoms with Gasteiger partial charge in [0.2, 0.25) is 18.6 Å². The van der Waals surface area contributed by atoms with Crippen molar-refractivity contribution in [2.75, 3.05) is 6.79 Å². The third kappa shape index (κ3) is 2.47. The van der Waals surface area contributed by atoms with Crippen molar-refractivity contribution in [2.45, 2.75) is 5.92 Å². The minimum Gasteiger partial charge on any atom is -0.454 e. The highest BCUT2D eigenvalue weighted by atomic mass is 35.5.